The summed E-state index contributed by atoms with van der Waals surface area (Å²) >= 11 is 0. The van der Waals surface area contributed by atoms with Gasteiger partial charge in [0.2, 0.25) is 0 Å². The zero-order chi connectivity index (χ0) is 21.2. The highest BCUT2D eigenvalue weighted by atomic mass is 31.2. The van der Waals surface area contributed by atoms with Crippen LogP contribution in [0.5, 0.6) is 5.75 Å². The van der Waals surface area contributed by atoms with Gasteiger partial charge in [-0.25, -0.2) is 0 Å². The molecule has 0 saturated heterocycles. The Hall–Kier alpha value is -0.870. The van der Waals surface area contributed by atoms with Gasteiger partial charge in [-0.3, -0.25) is 0 Å². The average Bonchev–Trinajstić information content (AvgIpc) is 2.73. The molecule has 168 valence electrons. The summed E-state index contributed by atoms with van der Waals surface area (Å²) < 4.78 is 35.6. The second-order valence-corrected chi connectivity index (χ2v) is 10.6. The molecule has 0 atom stereocenters. The van der Waals surface area contributed by atoms with Crippen molar-refractivity contribution >= 4 is 7.14 Å². The Labute approximate surface area is 177 Å². The Morgan fingerprint density at radius 3 is 1.90 bits per heavy atom. The van der Waals surface area contributed by atoms with Crippen LogP contribution in [0.4, 0.5) is 0 Å². The third-order valence-corrected chi connectivity index (χ3v) is 7.88. The number of para-hydroxylation sites is 1. The zero-order valence-corrected chi connectivity index (χ0v) is 19.6. The molecule has 0 aliphatic rings. The molecule has 1 rings (SSSR count). The molecule has 0 aromatic heterocycles. The van der Waals surface area contributed by atoms with Crippen LogP contribution in [0.2, 0.25) is 0 Å². The number of benzene rings is 1. The van der Waals surface area contributed by atoms with E-state index in [1.54, 1.807) is 0 Å². The van der Waals surface area contributed by atoms with Gasteiger partial charge in [0.05, 0.1) is 40.2 Å². The second-order valence-electron chi connectivity index (χ2n) is 7.25. The third-order valence-electron chi connectivity index (χ3n) is 4.70. The van der Waals surface area contributed by atoms with Gasteiger partial charge in [0.15, 0.2) is 0 Å². The van der Waals surface area contributed by atoms with Gasteiger partial charge in [-0.15, -0.1) is 0 Å². The Morgan fingerprint density at radius 1 is 0.759 bits per heavy atom. The highest BCUT2D eigenvalue weighted by molar-refractivity contribution is 7.63. The molecule has 0 radical (unpaired) electrons. The van der Waals surface area contributed by atoms with Gasteiger partial charge < -0.3 is 23.5 Å². The first kappa shape index (κ1) is 26.2. The minimum Gasteiger partial charge on any atom is -0.491 e. The number of rotatable bonds is 19. The summed E-state index contributed by atoms with van der Waals surface area (Å²) in [5.41, 5.74) is 1.06. The van der Waals surface area contributed by atoms with Crippen molar-refractivity contribution in [1.82, 2.24) is 0 Å². The SMILES string of the molecule is CCCCP(=O)(CCCC)Cc1ccccc1OCCOCCOCCOCC. The van der Waals surface area contributed by atoms with Gasteiger partial charge in [-0.05, 0) is 25.8 Å². The summed E-state index contributed by atoms with van der Waals surface area (Å²) in [6, 6.07) is 7.99. The number of hydrogen-bond donors (Lipinski definition) is 0. The molecule has 0 aliphatic heterocycles. The predicted octanol–water partition coefficient (Wildman–Crippen LogP) is 5.60. The second kappa shape index (κ2) is 16.9. The molecule has 1 aromatic carbocycles. The quantitative estimate of drug-likeness (QED) is 0.212. The molecule has 0 unspecified atom stereocenters. The summed E-state index contributed by atoms with van der Waals surface area (Å²) in [7, 11) is -2.21. The van der Waals surface area contributed by atoms with Crippen LogP contribution in [0.25, 0.3) is 0 Å². The molecular formula is C23H41O5P. The summed E-state index contributed by atoms with van der Waals surface area (Å²) in [5.74, 6) is 0.831. The van der Waals surface area contributed by atoms with Crippen LogP contribution in [0.3, 0.4) is 0 Å². The smallest absolute Gasteiger partial charge is 0.123 e. The van der Waals surface area contributed by atoms with Crippen molar-refractivity contribution in [2.45, 2.75) is 52.6 Å². The third kappa shape index (κ3) is 12.4. The summed E-state index contributed by atoms with van der Waals surface area (Å²) in [5, 5.41) is 0. The maximum atomic E-state index is 13.5. The van der Waals surface area contributed by atoms with Gasteiger partial charge in [0.1, 0.15) is 12.4 Å². The Bertz CT molecular complexity index is 552. The van der Waals surface area contributed by atoms with Crippen LogP contribution in [0, 0.1) is 0 Å². The monoisotopic (exact) mass is 428 g/mol. The van der Waals surface area contributed by atoms with Crippen molar-refractivity contribution in [2.75, 3.05) is 58.6 Å². The van der Waals surface area contributed by atoms with Crippen molar-refractivity contribution < 1.29 is 23.5 Å². The van der Waals surface area contributed by atoms with E-state index in [4.69, 9.17) is 18.9 Å². The van der Waals surface area contributed by atoms with E-state index >= 15 is 0 Å². The topological polar surface area (TPSA) is 54.0 Å². The Balaban J connectivity index is 2.41. The van der Waals surface area contributed by atoms with Crippen molar-refractivity contribution in [3.63, 3.8) is 0 Å². The summed E-state index contributed by atoms with van der Waals surface area (Å²) in [6.45, 7) is 10.3. The molecule has 6 heteroatoms. The summed E-state index contributed by atoms with van der Waals surface area (Å²) in [4.78, 5) is 0. The molecule has 5 nitrogen and oxygen atoms in total. The normalized spacial score (nSPS) is 11.7. The van der Waals surface area contributed by atoms with Gasteiger partial charge in [0, 0.05) is 30.7 Å². The lowest BCUT2D eigenvalue weighted by atomic mass is 10.2. The first-order valence-corrected chi connectivity index (χ1v) is 13.4. The molecule has 29 heavy (non-hydrogen) atoms. The zero-order valence-electron chi connectivity index (χ0n) is 18.7. The van der Waals surface area contributed by atoms with Gasteiger partial charge in [0.25, 0.3) is 0 Å². The van der Waals surface area contributed by atoms with Crippen LogP contribution in [0.1, 0.15) is 52.0 Å². The molecule has 1 aromatic rings. The molecule has 0 amide bonds. The maximum Gasteiger partial charge on any atom is 0.123 e. The van der Waals surface area contributed by atoms with E-state index in [1.165, 1.54) is 0 Å². The lowest BCUT2D eigenvalue weighted by Crippen LogP contribution is -2.13. The first-order valence-electron chi connectivity index (χ1n) is 11.2. The molecule has 0 N–H and O–H groups in total. The van der Waals surface area contributed by atoms with Crippen LogP contribution in [-0.4, -0.2) is 58.6 Å². The fourth-order valence-electron chi connectivity index (χ4n) is 3.04. The van der Waals surface area contributed by atoms with E-state index in [9.17, 15) is 4.57 Å². The van der Waals surface area contributed by atoms with Gasteiger partial charge >= 0.3 is 0 Å². The average molecular weight is 429 g/mol. The van der Waals surface area contributed by atoms with E-state index in [1.807, 2.05) is 31.2 Å². The van der Waals surface area contributed by atoms with Crippen molar-refractivity contribution in [1.29, 1.82) is 0 Å². The fourth-order valence-corrected chi connectivity index (χ4v) is 6.25. The molecule has 0 aliphatic carbocycles. The van der Waals surface area contributed by atoms with E-state index in [0.717, 1.165) is 49.3 Å². The Morgan fingerprint density at radius 2 is 1.31 bits per heavy atom. The number of unbranched alkanes of at least 4 members (excludes halogenated alkanes) is 2. The number of hydrogen-bond acceptors (Lipinski definition) is 5. The standard InChI is InChI=1S/C23H41O5P/c1-4-7-19-29(24,20-8-5-2)21-22-11-9-10-12-23(22)28-18-17-27-16-15-26-14-13-25-6-3/h9-12H,4-8,13-21H2,1-3H3. The van der Waals surface area contributed by atoms with Crippen molar-refractivity contribution in [3.8, 4) is 5.75 Å². The molecule has 0 bridgehead atoms. The first-order chi connectivity index (χ1) is 14.1. The molecule has 0 spiro atoms. The Kier molecular flexibility index (Phi) is 15.2. The number of ether oxygens (including phenoxy) is 4. The minimum absolute atomic E-state index is 0.476. The fraction of sp³-hybridized carbons (Fsp3) is 0.739. The van der Waals surface area contributed by atoms with Crippen LogP contribution >= 0.6 is 7.14 Å². The van der Waals surface area contributed by atoms with Gasteiger partial charge in [-0.2, -0.15) is 0 Å². The van der Waals surface area contributed by atoms with E-state index in [-0.39, 0.29) is 0 Å². The molecule has 0 saturated carbocycles. The molecule has 0 heterocycles. The lowest BCUT2D eigenvalue weighted by molar-refractivity contribution is 0.0113. The largest absolute Gasteiger partial charge is 0.491 e. The minimum atomic E-state index is -2.21. The van der Waals surface area contributed by atoms with E-state index < -0.39 is 7.14 Å². The predicted molar refractivity (Wildman–Crippen MR) is 121 cm³/mol. The van der Waals surface area contributed by atoms with Crippen molar-refractivity contribution in [2.24, 2.45) is 0 Å². The highest BCUT2D eigenvalue weighted by Gasteiger charge is 2.23. The van der Waals surface area contributed by atoms with E-state index in [0.29, 0.717) is 52.4 Å². The van der Waals surface area contributed by atoms with Gasteiger partial charge in [-0.1, -0.05) is 44.9 Å². The lowest BCUT2D eigenvalue weighted by Gasteiger charge is -2.20. The van der Waals surface area contributed by atoms with Crippen LogP contribution in [0.15, 0.2) is 24.3 Å². The summed E-state index contributed by atoms with van der Waals surface area (Å²) in [6.07, 6.45) is 6.54. The maximum absolute atomic E-state index is 13.5. The van der Waals surface area contributed by atoms with Crippen LogP contribution in [-0.2, 0) is 24.9 Å². The highest BCUT2D eigenvalue weighted by Crippen LogP contribution is 2.51. The van der Waals surface area contributed by atoms with Crippen molar-refractivity contribution in [3.05, 3.63) is 29.8 Å². The molecule has 0 fully saturated rings. The van der Waals surface area contributed by atoms with E-state index in [2.05, 4.69) is 13.8 Å². The molecular weight excluding hydrogens is 387 g/mol. The van der Waals surface area contributed by atoms with Crippen LogP contribution < -0.4 is 4.74 Å².